The number of aromatic carboxylic acids is 1. The molecule has 5 rings (SSSR count). The number of carboxylic acid groups (broad SMARTS) is 1. The maximum absolute atomic E-state index is 13.2. The van der Waals surface area contributed by atoms with E-state index in [2.05, 4.69) is 5.32 Å². The predicted octanol–water partition coefficient (Wildman–Crippen LogP) is 4.84. The van der Waals surface area contributed by atoms with Crippen molar-refractivity contribution >= 4 is 63.1 Å². The lowest BCUT2D eigenvalue weighted by molar-refractivity contribution is -0.122. The highest BCUT2D eigenvalue weighted by molar-refractivity contribution is 8.26. The largest absolute Gasteiger partial charge is 0.478 e. The van der Waals surface area contributed by atoms with E-state index in [0.717, 1.165) is 27.7 Å². The zero-order valence-electron chi connectivity index (χ0n) is 20.7. The van der Waals surface area contributed by atoms with Gasteiger partial charge in [0.2, 0.25) is 0 Å². The number of fused-ring (bicyclic) bond motifs is 1. The summed E-state index contributed by atoms with van der Waals surface area (Å²) in [4.78, 5) is 35.9. The second kappa shape index (κ2) is 11.7. The topological polar surface area (TPSA) is 116 Å². The Morgan fingerprint density at radius 2 is 1.77 bits per heavy atom. The monoisotopic (exact) mass is 556 g/mol. The molecular weight excluding hydrogens is 532 g/mol. The van der Waals surface area contributed by atoms with E-state index in [9.17, 15) is 14.7 Å². The van der Waals surface area contributed by atoms with E-state index in [4.69, 9.17) is 27.3 Å². The number of carboxylic acids is 1. The number of carbonyl (C=O) groups is 2. The molecule has 2 heterocycles. The fourth-order valence-corrected chi connectivity index (χ4v) is 5.48. The number of nitrogens with zero attached hydrogens (tertiary/aromatic N) is 3. The molecule has 0 atom stereocenters. The zero-order valence-corrected chi connectivity index (χ0v) is 22.3. The van der Waals surface area contributed by atoms with Gasteiger partial charge in [0.05, 0.1) is 28.1 Å². The van der Waals surface area contributed by atoms with E-state index in [0.29, 0.717) is 40.2 Å². The molecule has 10 heteroatoms. The standard InChI is InChI=1S/C29H24N4O4S2/c34-15-13-30-26-25(31-22-6-1-2-7-23(22)32-26)21-5-3-4-19(16-21)17-24-27(35)33(29(38)39-24)14-12-18-8-10-20(11-9-18)28(36)37/h1-11,16-17,34H,12-15H2,(H,30,32)(H,36,37). The Labute approximate surface area is 234 Å². The number of benzene rings is 3. The zero-order chi connectivity index (χ0) is 27.4. The van der Waals surface area contributed by atoms with Crippen molar-refractivity contribution in [2.24, 2.45) is 0 Å². The molecule has 1 aromatic heterocycles. The van der Waals surface area contributed by atoms with Gasteiger partial charge in [0, 0.05) is 18.7 Å². The number of thioether (sulfide) groups is 1. The fourth-order valence-electron chi connectivity index (χ4n) is 4.17. The van der Waals surface area contributed by atoms with Crippen molar-refractivity contribution < 1.29 is 19.8 Å². The van der Waals surface area contributed by atoms with Crippen LogP contribution in [-0.2, 0) is 11.2 Å². The van der Waals surface area contributed by atoms with Gasteiger partial charge in [-0.25, -0.2) is 14.8 Å². The molecule has 196 valence electrons. The molecule has 1 aliphatic heterocycles. The van der Waals surface area contributed by atoms with Crippen molar-refractivity contribution in [3.05, 3.63) is 94.4 Å². The number of nitrogens with one attached hydrogen (secondary N) is 1. The van der Waals surface area contributed by atoms with E-state index in [1.54, 1.807) is 29.2 Å². The van der Waals surface area contributed by atoms with Crippen molar-refractivity contribution in [2.45, 2.75) is 6.42 Å². The molecule has 0 radical (unpaired) electrons. The molecule has 0 bridgehead atoms. The highest BCUT2D eigenvalue weighted by Gasteiger charge is 2.31. The predicted molar refractivity (Wildman–Crippen MR) is 158 cm³/mol. The Bertz CT molecular complexity index is 1600. The summed E-state index contributed by atoms with van der Waals surface area (Å²) >= 11 is 6.75. The smallest absolute Gasteiger partial charge is 0.335 e. The first-order valence-electron chi connectivity index (χ1n) is 12.2. The number of hydrogen-bond acceptors (Lipinski definition) is 8. The number of rotatable bonds is 9. The normalized spacial score (nSPS) is 14.4. The Kier molecular flexibility index (Phi) is 7.97. The van der Waals surface area contributed by atoms with Gasteiger partial charge < -0.3 is 15.5 Å². The average Bonchev–Trinajstić information content (AvgIpc) is 3.21. The van der Waals surface area contributed by atoms with Crippen LogP contribution < -0.4 is 5.32 Å². The van der Waals surface area contributed by atoms with Crippen molar-refractivity contribution in [1.82, 2.24) is 14.9 Å². The summed E-state index contributed by atoms with van der Waals surface area (Å²) in [5.41, 5.74) is 4.94. The van der Waals surface area contributed by atoms with Crippen LogP contribution in [0.25, 0.3) is 28.4 Å². The summed E-state index contributed by atoms with van der Waals surface area (Å²) in [5.74, 6) is -0.561. The van der Waals surface area contributed by atoms with Gasteiger partial charge in [-0.05, 0) is 54.0 Å². The minimum Gasteiger partial charge on any atom is -0.478 e. The Morgan fingerprint density at radius 1 is 1.03 bits per heavy atom. The summed E-state index contributed by atoms with van der Waals surface area (Å²) in [7, 11) is 0. The molecule has 1 aliphatic rings. The second-order valence-electron chi connectivity index (χ2n) is 8.77. The summed E-state index contributed by atoms with van der Waals surface area (Å²) in [5, 5.41) is 21.5. The van der Waals surface area contributed by atoms with E-state index in [1.165, 1.54) is 11.8 Å². The molecule has 0 saturated carbocycles. The fraction of sp³-hybridized carbons (Fsp3) is 0.138. The number of aliphatic hydroxyl groups is 1. The molecule has 3 N–H and O–H groups in total. The van der Waals surface area contributed by atoms with Crippen LogP contribution in [0.4, 0.5) is 5.82 Å². The van der Waals surface area contributed by atoms with E-state index < -0.39 is 5.97 Å². The number of amides is 1. The third kappa shape index (κ3) is 5.98. The molecule has 39 heavy (non-hydrogen) atoms. The summed E-state index contributed by atoms with van der Waals surface area (Å²) in [6, 6.07) is 21.9. The number of aromatic nitrogens is 2. The Balaban J connectivity index is 1.37. The first kappa shape index (κ1) is 26.5. The third-order valence-corrected chi connectivity index (χ3v) is 7.51. The van der Waals surface area contributed by atoms with Gasteiger partial charge in [0.1, 0.15) is 10.0 Å². The van der Waals surface area contributed by atoms with Crippen LogP contribution >= 0.6 is 24.0 Å². The number of thiocarbonyl (C=S) groups is 1. The van der Waals surface area contributed by atoms with Crippen molar-refractivity contribution in [3.63, 3.8) is 0 Å². The molecule has 0 spiro atoms. The van der Waals surface area contributed by atoms with Gasteiger partial charge >= 0.3 is 5.97 Å². The third-order valence-electron chi connectivity index (χ3n) is 6.13. The molecule has 1 saturated heterocycles. The molecule has 0 aliphatic carbocycles. The summed E-state index contributed by atoms with van der Waals surface area (Å²) in [6.07, 6.45) is 2.37. The van der Waals surface area contributed by atoms with E-state index in [1.807, 2.05) is 54.6 Å². The van der Waals surface area contributed by atoms with E-state index >= 15 is 0 Å². The van der Waals surface area contributed by atoms with Crippen molar-refractivity contribution in [2.75, 3.05) is 25.0 Å². The molecular formula is C29H24N4O4S2. The first-order chi connectivity index (χ1) is 18.9. The Morgan fingerprint density at radius 3 is 2.49 bits per heavy atom. The maximum atomic E-state index is 13.2. The molecule has 1 fully saturated rings. The van der Waals surface area contributed by atoms with Gasteiger partial charge in [0.15, 0.2) is 5.82 Å². The number of hydrogen-bond donors (Lipinski definition) is 3. The van der Waals surface area contributed by atoms with Crippen LogP contribution in [0.3, 0.4) is 0 Å². The van der Waals surface area contributed by atoms with Crippen molar-refractivity contribution in [3.8, 4) is 11.3 Å². The molecule has 3 aromatic carbocycles. The molecule has 8 nitrogen and oxygen atoms in total. The lowest BCUT2D eigenvalue weighted by Gasteiger charge is -2.14. The summed E-state index contributed by atoms with van der Waals surface area (Å²) in [6.45, 7) is 0.705. The van der Waals surface area contributed by atoms with Crippen LogP contribution in [0, 0.1) is 0 Å². The Hall–Kier alpha value is -4.12. The van der Waals surface area contributed by atoms with Crippen LogP contribution in [0.15, 0.2) is 77.7 Å². The highest BCUT2D eigenvalue weighted by atomic mass is 32.2. The number of para-hydroxylation sites is 2. The highest BCUT2D eigenvalue weighted by Crippen LogP contribution is 2.34. The van der Waals surface area contributed by atoms with Gasteiger partial charge in [-0.15, -0.1) is 0 Å². The minimum absolute atomic E-state index is 0.0382. The SMILES string of the molecule is O=C(O)c1ccc(CCN2C(=O)C(=Cc3cccc(-c4nc5ccccc5nc4NCCO)c3)SC2=S)cc1. The van der Waals surface area contributed by atoms with Crippen LogP contribution in [0.5, 0.6) is 0 Å². The molecule has 4 aromatic rings. The molecule has 1 amide bonds. The summed E-state index contributed by atoms with van der Waals surface area (Å²) < 4.78 is 0.487. The van der Waals surface area contributed by atoms with Gasteiger partial charge in [-0.2, -0.15) is 0 Å². The number of anilines is 1. The lowest BCUT2D eigenvalue weighted by atomic mass is 10.1. The van der Waals surface area contributed by atoms with E-state index in [-0.39, 0.29) is 18.1 Å². The number of carbonyl (C=O) groups excluding carboxylic acids is 1. The lowest BCUT2D eigenvalue weighted by Crippen LogP contribution is -2.30. The van der Waals surface area contributed by atoms with Gasteiger partial charge in [-0.3, -0.25) is 9.69 Å². The second-order valence-corrected chi connectivity index (χ2v) is 10.4. The average molecular weight is 557 g/mol. The quantitative estimate of drug-likeness (QED) is 0.197. The maximum Gasteiger partial charge on any atom is 0.335 e. The van der Waals surface area contributed by atoms with Crippen LogP contribution in [0.1, 0.15) is 21.5 Å². The van der Waals surface area contributed by atoms with Gasteiger partial charge in [0.25, 0.3) is 5.91 Å². The number of aliphatic hydroxyl groups excluding tert-OH is 1. The molecule has 0 unspecified atom stereocenters. The minimum atomic E-state index is -0.974. The first-order valence-corrected chi connectivity index (χ1v) is 13.4. The van der Waals surface area contributed by atoms with Crippen molar-refractivity contribution in [1.29, 1.82) is 0 Å². The van der Waals surface area contributed by atoms with Crippen LogP contribution in [-0.4, -0.2) is 61.0 Å². The van der Waals surface area contributed by atoms with Crippen LogP contribution in [0.2, 0.25) is 0 Å². The van der Waals surface area contributed by atoms with Gasteiger partial charge in [-0.1, -0.05) is 66.4 Å².